The topological polar surface area (TPSA) is 64.0 Å². The summed E-state index contributed by atoms with van der Waals surface area (Å²) in [4.78, 5) is 0.249. The summed E-state index contributed by atoms with van der Waals surface area (Å²) >= 11 is 0. The van der Waals surface area contributed by atoms with Crippen molar-refractivity contribution >= 4 is 15.8 Å². The number of hydrogen-bond donors (Lipinski definition) is 1. The molecule has 0 bridgehead atoms. The fraction of sp³-hybridized carbons (Fsp3) is 0.182. The summed E-state index contributed by atoms with van der Waals surface area (Å²) < 4.78 is 28.1. The Hall–Kier alpha value is -1.82. The Bertz CT molecular complexity index is 632. The van der Waals surface area contributed by atoms with Crippen molar-refractivity contribution in [3.05, 3.63) is 42.1 Å². The van der Waals surface area contributed by atoms with E-state index in [2.05, 4.69) is 9.82 Å². The fourth-order valence-corrected chi connectivity index (χ4v) is 2.65. The first-order valence-corrected chi connectivity index (χ1v) is 6.55. The lowest BCUT2D eigenvalue weighted by Gasteiger charge is -2.08. The van der Waals surface area contributed by atoms with Gasteiger partial charge in [0.05, 0.1) is 11.1 Å². The molecule has 1 aromatic heterocycles. The van der Waals surface area contributed by atoms with Crippen molar-refractivity contribution in [1.82, 2.24) is 9.78 Å². The summed E-state index contributed by atoms with van der Waals surface area (Å²) in [5, 5.41) is 3.90. The molecule has 0 spiro atoms. The molecule has 0 fully saturated rings. The third kappa shape index (κ3) is 2.47. The van der Waals surface area contributed by atoms with Gasteiger partial charge in [-0.1, -0.05) is 12.1 Å². The van der Waals surface area contributed by atoms with Gasteiger partial charge in [-0.2, -0.15) is 5.10 Å². The van der Waals surface area contributed by atoms with Crippen LogP contribution >= 0.6 is 0 Å². The van der Waals surface area contributed by atoms with Crippen LogP contribution in [0.3, 0.4) is 0 Å². The highest BCUT2D eigenvalue weighted by Crippen LogP contribution is 2.15. The number of sulfonamides is 1. The quantitative estimate of drug-likeness (QED) is 0.899. The molecule has 0 amide bonds. The largest absolute Gasteiger partial charge is 0.264 e. The molecule has 5 nitrogen and oxygen atoms in total. The van der Waals surface area contributed by atoms with Crippen molar-refractivity contribution in [2.75, 3.05) is 4.72 Å². The Morgan fingerprint density at radius 2 is 2.06 bits per heavy atom. The van der Waals surface area contributed by atoms with Crippen LogP contribution in [0.1, 0.15) is 5.56 Å². The normalized spacial score (nSPS) is 11.4. The molecule has 0 saturated heterocycles. The zero-order chi connectivity index (χ0) is 12.5. The summed E-state index contributed by atoms with van der Waals surface area (Å²) in [6.45, 7) is 1.85. The predicted octanol–water partition coefficient (Wildman–Crippen LogP) is 1.53. The summed E-state index contributed by atoms with van der Waals surface area (Å²) in [5.74, 6) is 0.437. The maximum absolute atomic E-state index is 12.1. The second-order valence-electron chi connectivity index (χ2n) is 3.76. The Balaban J connectivity index is 2.35. The van der Waals surface area contributed by atoms with Crippen molar-refractivity contribution < 1.29 is 8.42 Å². The zero-order valence-corrected chi connectivity index (χ0v) is 10.4. The molecule has 1 heterocycles. The minimum Gasteiger partial charge on any atom is -0.264 e. The Kier molecular flexibility index (Phi) is 2.89. The Morgan fingerprint density at radius 3 is 2.65 bits per heavy atom. The first-order valence-electron chi connectivity index (χ1n) is 5.06. The minimum absolute atomic E-state index is 0.249. The molecule has 0 radical (unpaired) electrons. The van der Waals surface area contributed by atoms with Crippen LogP contribution in [0.4, 0.5) is 5.82 Å². The number of nitrogens with one attached hydrogen (secondary N) is 1. The summed E-state index contributed by atoms with van der Waals surface area (Å²) in [6, 6.07) is 8.36. The van der Waals surface area contributed by atoms with Gasteiger partial charge in [-0.05, 0) is 24.6 Å². The molecule has 1 aromatic carbocycles. The molecule has 0 aliphatic heterocycles. The van der Waals surface area contributed by atoms with Crippen molar-refractivity contribution in [2.45, 2.75) is 11.8 Å². The number of aryl methyl sites for hydroxylation is 2. The SMILES string of the molecule is Cc1cccc(S(=O)(=O)Nc2ccnn2C)c1. The van der Waals surface area contributed by atoms with E-state index in [4.69, 9.17) is 0 Å². The number of benzene rings is 1. The van der Waals surface area contributed by atoms with E-state index in [0.717, 1.165) is 5.56 Å². The van der Waals surface area contributed by atoms with Crippen molar-refractivity contribution in [1.29, 1.82) is 0 Å². The summed E-state index contributed by atoms with van der Waals surface area (Å²) in [7, 11) is -1.86. The standard InChI is InChI=1S/C11H13N3O2S/c1-9-4-3-5-10(8-9)17(15,16)13-11-6-7-12-14(11)2/h3-8,13H,1-2H3. The lowest BCUT2D eigenvalue weighted by atomic mass is 10.2. The van der Waals surface area contributed by atoms with Crippen LogP contribution < -0.4 is 4.72 Å². The highest BCUT2D eigenvalue weighted by Gasteiger charge is 2.15. The van der Waals surface area contributed by atoms with E-state index in [1.807, 2.05) is 13.0 Å². The molecule has 1 N–H and O–H groups in total. The predicted molar refractivity (Wildman–Crippen MR) is 65.2 cm³/mol. The first kappa shape index (κ1) is 11.7. The summed E-state index contributed by atoms with van der Waals surface area (Å²) in [5.41, 5.74) is 0.901. The van der Waals surface area contributed by atoms with Crippen LogP contribution in [0.5, 0.6) is 0 Å². The molecule has 90 valence electrons. The van der Waals surface area contributed by atoms with Gasteiger partial charge in [-0.25, -0.2) is 8.42 Å². The van der Waals surface area contributed by atoms with E-state index in [-0.39, 0.29) is 4.90 Å². The molecule has 17 heavy (non-hydrogen) atoms. The lowest BCUT2D eigenvalue weighted by molar-refractivity contribution is 0.600. The van der Waals surface area contributed by atoms with Crippen LogP contribution in [0.2, 0.25) is 0 Å². The number of nitrogens with zero attached hydrogens (tertiary/aromatic N) is 2. The smallest absolute Gasteiger partial charge is 0.263 e. The number of aromatic nitrogens is 2. The highest BCUT2D eigenvalue weighted by atomic mass is 32.2. The van der Waals surface area contributed by atoms with Gasteiger partial charge in [0, 0.05) is 13.1 Å². The van der Waals surface area contributed by atoms with Crippen LogP contribution in [-0.4, -0.2) is 18.2 Å². The van der Waals surface area contributed by atoms with Crippen molar-refractivity contribution in [3.63, 3.8) is 0 Å². The van der Waals surface area contributed by atoms with Gasteiger partial charge in [0.25, 0.3) is 10.0 Å². The van der Waals surface area contributed by atoms with E-state index in [0.29, 0.717) is 5.82 Å². The molecule has 0 atom stereocenters. The molecular formula is C11H13N3O2S. The lowest BCUT2D eigenvalue weighted by Crippen LogP contribution is -2.15. The third-order valence-corrected chi connectivity index (χ3v) is 3.71. The van der Waals surface area contributed by atoms with Crippen LogP contribution in [-0.2, 0) is 17.1 Å². The number of hydrogen-bond acceptors (Lipinski definition) is 3. The fourth-order valence-electron chi connectivity index (χ4n) is 1.45. The maximum atomic E-state index is 12.1. The average Bonchev–Trinajstić information content (AvgIpc) is 2.64. The van der Waals surface area contributed by atoms with Gasteiger partial charge in [-0.15, -0.1) is 0 Å². The van der Waals surface area contributed by atoms with Crippen molar-refractivity contribution in [3.8, 4) is 0 Å². The van der Waals surface area contributed by atoms with E-state index in [1.54, 1.807) is 31.3 Å². The number of anilines is 1. The molecule has 2 rings (SSSR count). The average molecular weight is 251 g/mol. The van der Waals surface area contributed by atoms with E-state index in [1.165, 1.54) is 10.9 Å². The highest BCUT2D eigenvalue weighted by molar-refractivity contribution is 7.92. The zero-order valence-electron chi connectivity index (χ0n) is 9.58. The minimum atomic E-state index is -3.54. The molecule has 0 aliphatic carbocycles. The van der Waals surface area contributed by atoms with Crippen LogP contribution in [0.15, 0.2) is 41.4 Å². The molecule has 0 saturated carbocycles. The van der Waals surface area contributed by atoms with Crippen LogP contribution in [0.25, 0.3) is 0 Å². The van der Waals surface area contributed by atoms with E-state index >= 15 is 0 Å². The second-order valence-corrected chi connectivity index (χ2v) is 5.44. The Labute approximate surface area is 100 Å². The van der Waals surface area contributed by atoms with Gasteiger partial charge >= 0.3 is 0 Å². The van der Waals surface area contributed by atoms with Gasteiger partial charge < -0.3 is 0 Å². The van der Waals surface area contributed by atoms with Crippen LogP contribution in [0, 0.1) is 6.92 Å². The van der Waals surface area contributed by atoms with Gasteiger partial charge in [-0.3, -0.25) is 9.40 Å². The first-order chi connectivity index (χ1) is 7.99. The summed E-state index contributed by atoms with van der Waals surface area (Å²) in [6.07, 6.45) is 1.54. The van der Waals surface area contributed by atoms with Gasteiger partial charge in [0.15, 0.2) is 0 Å². The molecule has 0 aliphatic rings. The second kappa shape index (κ2) is 4.21. The molecule has 6 heteroatoms. The van der Waals surface area contributed by atoms with Crippen molar-refractivity contribution in [2.24, 2.45) is 7.05 Å². The Morgan fingerprint density at radius 1 is 1.29 bits per heavy atom. The molecular weight excluding hydrogens is 238 g/mol. The van der Waals surface area contributed by atoms with E-state index < -0.39 is 10.0 Å². The van der Waals surface area contributed by atoms with E-state index in [9.17, 15) is 8.42 Å². The van der Waals surface area contributed by atoms with Gasteiger partial charge in [0.2, 0.25) is 0 Å². The van der Waals surface area contributed by atoms with Gasteiger partial charge in [0.1, 0.15) is 5.82 Å². The molecule has 2 aromatic rings. The third-order valence-electron chi connectivity index (χ3n) is 2.36. The monoisotopic (exact) mass is 251 g/mol. The molecule has 0 unspecified atom stereocenters. The maximum Gasteiger partial charge on any atom is 0.263 e. The number of rotatable bonds is 3.